The summed E-state index contributed by atoms with van der Waals surface area (Å²) in [5, 5.41) is 11.3. The van der Waals surface area contributed by atoms with Crippen LogP contribution in [0, 0.1) is 5.92 Å². The zero-order valence-corrected chi connectivity index (χ0v) is 12.3. The van der Waals surface area contributed by atoms with E-state index in [0.717, 1.165) is 11.8 Å². The first kappa shape index (κ1) is 14.7. The predicted octanol–water partition coefficient (Wildman–Crippen LogP) is 4.40. The van der Waals surface area contributed by atoms with Crippen molar-refractivity contribution in [2.24, 2.45) is 5.92 Å². The van der Waals surface area contributed by atoms with Crippen molar-refractivity contribution in [1.82, 2.24) is 0 Å². The molecule has 20 heavy (non-hydrogen) atoms. The number of fused-ring (bicyclic) bond motifs is 1. The van der Waals surface area contributed by atoms with Gasteiger partial charge < -0.3 is 9.84 Å². The average Bonchev–Trinajstić information content (AvgIpc) is 2.47. The molecule has 2 aromatic rings. The molecule has 106 valence electrons. The number of halogens is 1. The summed E-state index contributed by atoms with van der Waals surface area (Å²) in [6.45, 7) is 4.52. The SMILES string of the molecule is CCC(C)COC(=O)c1ccc2c(Cl)c(O)ccc2c1. The number of rotatable bonds is 4. The highest BCUT2D eigenvalue weighted by molar-refractivity contribution is 6.37. The molecule has 1 N–H and O–H groups in total. The van der Waals surface area contributed by atoms with E-state index < -0.39 is 0 Å². The molecule has 0 bridgehead atoms. The van der Waals surface area contributed by atoms with E-state index in [0.29, 0.717) is 28.5 Å². The van der Waals surface area contributed by atoms with E-state index in [1.165, 1.54) is 6.07 Å². The summed E-state index contributed by atoms with van der Waals surface area (Å²) in [6, 6.07) is 8.34. The number of phenols is 1. The zero-order valence-electron chi connectivity index (χ0n) is 11.5. The molecule has 0 saturated carbocycles. The van der Waals surface area contributed by atoms with Crippen LogP contribution in [-0.4, -0.2) is 17.7 Å². The van der Waals surface area contributed by atoms with Crippen molar-refractivity contribution in [3.8, 4) is 5.75 Å². The molecule has 0 heterocycles. The first-order valence-electron chi connectivity index (χ1n) is 6.61. The third-order valence-corrected chi connectivity index (χ3v) is 3.76. The first-order chi connectivity index (χ1) is 9.52. The van der Waals surface area contributed by atoms with Gasteiger partial charge in [0, 0.05) is 5.39 Å². The van der Waals surface area contributed by atoms with Crippen molar-refractivity contribution in [3.05, 3.63) is 40.9 Å². The Labute approximate surface area is 123 Å². The van der Waals surface area contributed by atoms with Crippen molar-refractivity contribution in [1.29, 1.82) is 0 Å². The topological polar surface area (TPSA) is 46.5 Å². The Balaban J connectivity index is 2.24. The fourth-order valence-corrected chi connectivity index (χ4v) is 2.06. The second-order valence-corrected chi connectivity index (χ2v) is 5.32. The molecule has 1 unspecified atom stereocenters. The van der Waals surface area contributed by atoms with E-state index in [-0.39, 0.29) is 11.7 Å². The highest BCUT2D eigenvalue weighted by atomic mass is 35.5. The van der Waals surface area contributed by atoms with Gasteiger partial charge in [-0.25, -0.2) is 4.79 Å². The Hall–Kier alpha value is -1.74. The van der Waals surface area contributed by atoms with E-state index in [1.807, 2.05) is 6.92 Å². The Kier molecular flexibility index (Phi) is 4.50. The molecule has 0 saturated heterocycles. The summed E-state index contributed by atoms with van der Waals surface area (Å²) in [7, 11) is 0. The van der Waals surface area contributed by atoms with E-state index >= 15 is 0 Å². The van der Waals surface area contributed by atoms with Crippen LogP contribution in [-0.2, 0) is 4.74 Å². The summed E-state index contributed by atoms with van der Waals surface area (Å²) in [5.74, 6) is 0.0495. The molecular formula is C16H17ClO3. The molecule has 4 heteroatoms. The van der Waals surface area contributed by atoms with E-state index in [9.17, 15) is 9.90 Å². The van der Waals surface area contributed by atoms with E-state index in [4.69, 9.17) is 16.3 Å². The van der Waals surface area contributed by atoms with Crippen LogP contribution < -0.4 is 0 Å². The fraction of sp³-hybridized carbons (Fsp3) is 0.312. The minimum Gasteiger partial charge on any atom is -0.506 e. The van der Waals surface area contributed by atoms with Gasteiger partial charge in [0.25, 0.3) is 0 Å². The number of ether oxygens (including phenoxy) is 1. The van der Waals surface area contributed by atoms with Crippen LogP contribution in [0.25, 0.3) is 10.8 Å². The molecule has 0 radical (unpaired) electrons. The maximum atomic E-state index is 12.0. The van der Waals surface area contributed by atoms with Crippen LogP contribution in [0.1, 0.15) is 30.6 Å². The highest BCUT2D eigenvalue weighted by Crippen LogP contribution is 2.32. The lowest BCUT2D eigenvalue weighted by Crippen LogP contribution is -2.11. The van der Waals surface area contributed by atoms with Gasteiger partial charge in [0.1, 0.15) is 5.75 Å². The van der Waals surface area contributed by atoms with Crippen molar-refractivity contribution in [2.45, 2.75) is 20.3 Å². The van der Waals surface area contributed by atoms with Gasteiger partial charge in [-0.3, -0.25) is 0 Å². The molecule has 0 fully saturated rings. The van der Waals surface area contributed by atoms with Gasteiger partial charge in [0.2, 0.25) is 0 Å². The van der Waals surface area contributed by atoms with Crippen molar-refractivity contribution in [2.75, 3.05) is 6.61 Å². The van der Waals surface area contributed by atoms with Gasteiger partial charge in [0.15, 0.2) is 0 Å². The van der Waals surface area contributed by atoms with Crippen LogP contribution in [0.2, 0.25) is 5.02 Å². The number of carbonyl (C=O) groups excluding carboxylic acids is 1. The van der Waals surface area contributed by atoms with Gasteiger partial charge in [-0.1, -0.05) is 44.0 Å². The largest absolute Gasteiger partial charge is 0.506 e. The molecular weight excluding hydrogens is 276 g/mol. The molecule has 0 aromatic heterocycles. The maximum absolute atomic E-state index is 12.0. The third kappa shape index (κ3) is 3.05. The fourth-order valence-electron chi connectivity index (χ4n) is 1.83. The Morgan fingerprint density at radius 1 is 1.35 bits per heavy atom. The molecule has 0 aliphatic heterocycles. The molecule has 2 aromatic carbocycles. The minimum absolute atomic E-state index is 0.0336. The standard InChI is InChI=1S/C16H17ClO3/c1-3-10(2)9-20-16(19)12-4-6-13-11(8-12)5-7-14(18)15(13)17/h4-8,10,18H,3,9H2,1-2H3. The Morgan fingerprint density at radius 3 is 2.80 bits per heavy atom. The number of hydrogen-bond donors (Lipinski definition) is 1. The number of benzene rings is 2. The zero-order chi connectivity index (χ0) is 14.7. The molecule has 2 rings (SSSR count). The molecule has 3 nitrogen and oxygen atoms in total. The number of phenolic OH excluding ortho intramolecular Hbond substituents is 1. The van der Waals surface area contributed by atoms with Crippen molar-refractivity contribution < 1.29 is 14.6 Å². The molecule has 0 amide bonds. The van der Waals surface area contributed by atoms with E-state index in [1.54, 1.807) is 24.3 Å². The van der Waals surface area contributed by atoms with Crippen molar-refractivity contribution >= 4 is 28.3 Å². The van der Waals surface area contributed by atoms with Crippen LogP contribution in [0.4, 0.5) is 0 Å². The minimum atomic E-state index is -0.337. The van der Waals surface area contributed by atoms with E-state index in [2.05, 4.69) is 6.92 Å². The second kappa shape index (κ2) is 6.14. The average molecular weight is 293 g/mol. The Morgan fingerprint density at radius 2 is 2.10 bits per heavy atom. The quantitative estimate of drug-likeness (QED) is 0.850. The molecule has 0 aliphatic carbocycles. The van der Waals surface area contributed by atoms with Crippen LogP contribution in [0.15, 0.2) is 30.3 Å². The molecule has 0 aliphatic rings. The van der Waals surface area contributed by atoms with Gasteiger partial charge in [-0.2, -0.15) is 0 Å². The number of aromatic hydroxyl groups is 1. The summed E-state index contributed by atoms with van der Waals surface area (Å²) in [4.78, 5) is 12.0. The first-order valence-corrected chi connectivity index (χ1v) is 6.99. The predicted molar refractivity (Wildman–Crippen MR) is 80.4 cm³/mol. The van der Waals surface area contributed by atoms with Gasteiger partial charge in [-0.05, 0) is 29.5 Å². The maximum Gasteiger partial charge on any atom is 0.338 e. The van der Waals surface area contributed by atoms with Gasteiger partial charge >= 0.3 is 5.97 Å². The lowest BCUT2D eigenvalue weighted by atomic mass is 10.1. The Bertz CT molecular complexity index is 637. The second-order valence-electron chi connectivity index (χ2n) is 4.95. The number of hydrogen-bond acceptors (Lipinski definition) is 3. The monoisotopic (exact) mass is 292 g/mol. The lowest BCUT2D eigenvalue weighted by Gasteiger charge is -2.10. The smallest absolute Gasteiger partial charge is 0.338 e. The number of esters is 1. The lowest BCUT2D eigenvalue weighted by molar-refractivity contribution is 0.0447. The molecule has 1 atom stereocenters. The van der Waals surface area contributed by atoms with Crippen molar-refractivity contribution in [3.63, 3.8) is 0 Å². The molecule has 0 spiro atoms. The number of carbonyl (C=O) groups is 1. The highest BCUT2D eigenvalue weighted by Gasteiger charge is 2.11. The normalized spacial score (nSPS) is 12.3. The summed E-state index contributed by atoms with van der Waals surface area (Å²) in [5.41, 5.74) is 0.488. The summed E-state index contributed by atoms with van der Waals surface area (Å²) < 4.78 is 5.26. The van der Waals surface area contributed by atoms with Crippen LogP contribution in [0.3, 0.4) is 0 Å². The van der Waals surface area contributed by atoms with Gasteiger partial charge in [0.05, 0.1) is 17.2 Å². The van der Waals surface area contributed by atoms with Gasteiger partial charge in [-0.15, -0.1) is 0 Å². The summed E-state index contributed by atoms with van der Waals surface area (Å²) in [6.07, 6.45) is 0.972. The van der Waals surface area contributed by atoms with Crippen LogP contribution >= 0.6 is 11.6 Å². The van der Waals surface area contributed by atoms with Crippen LogP contribution in [0.5, 0.6) is 5.75 Å². The summed E-state index contributed by atoms with van der Waals surface area (Å²) >= 11 is 6.01. The third-order valence-electron chi connectivity index (χ3n) is 3.37.